The molecule has 3 rings (SSSR count). The van der Waals surface area contributed by atoms with Crippen LogP contribution in [0.15, 0.2) is 42.9 Å². The van der Waals surface area contributed by atoms with Gasteiger partial charge in [-0.15, -0.1) is 0 Å². The summed E-state index contributed by atoms with van der Waals surface area (Å²) in [7, 11) is 1.55. The second kappa shape index (κ2) is 6.79. The minimum atomic E-state index is -2.73. The van der Waals surface area contributed by atoms with Crippen molar-refractivity contribution >= 4 is 23.2 Å². The lowest BCUT2D eigenvalue weighted by Crippen LogP contribution is -2.00. The van der Waals surface area contributed by atoms with Crippen molar-refractivity contribution in [3.8, 4) is 17.0 Å². The fourth-order valence-corrected chi connectivity index (χ4v) is 2.27. The highest BCUT2D eigenvalue weighted by Crippen LogP contribution is 2.29. The maximum Gasteiger partial charge on any atom is 0.333 e. The molecule has 0 spiro atoms. The van der Waals surface area contributed by atoms with Crippen molar-refractivity contribution in [1.82, 2.24) is 19.7 Å². The van der Waals surface area contributed by atoms with Crippen LogP contribution in [0.5, 0.6) is 5.75 Å². The molecule has 3 aromatic rings. The van der Waals surface area contributed by atoms with Crippen molar-refractivity contribution in [2.24, 2.45) is 0 Å². The van der Waals surface area contributed by atoms with Crippen LogP contribution in [0, 0.1) is 0 Å². The molecule has 0 saturated carbocycles. The number of benzene rings is 1. The van der Waals surface area contributed by atoms with Gasteiger partial charge in [0.1, 0.15) is 5.75 Å². The second-order valence-corrected chi connectivity index (χ2v) is 5.11. The molecule has 2 aromatic heterocycles. The van der Waals surface area contributed by atoms with E-state index in [0.717, 1.165) is 0 Å². The van der Waals surface area contributed by atoms with Gasteiger partial charge >= 0.3 is 6.55 Å². The largest absolute Gasteiger partial charge is 0.495 e. The SMILES string of the molecule is COc1ccccc1Nc1ncc(Cl)c(-c2cnn(C(F)F)c2)n1. The first-order valence-corrected chi connectivity index (χ1v) is 7.21. The zero-order valence-corrected chi connectivity index (χ0v) is 13.2. The Morgan fingerprint density at radius 3 is 2.75 bits per heavy atom. The van der Waals surface area contributed by atoms with Gasteiger partial charge in [-0.25, -0.2) is 14.6 Å². The van der Waals surface area contributed by atoms with Crippen LogP contribution in [0.2, 0.25) is 5.02 Å². The van der Waals surface area contributed by atoms with E-state index in [1.54, 1.807) is 19.2 Å². The van der Waals surface area contributed by atoms with Gasteiger partial charge in [0, 0.05) is 11.8 Å². The molecule has 6 nitrogen and oxygen atoms in total. The summed E-state index contributed by atoms with van der Waals surface area (Å²) >= 11 is 6.08. The minimum absolute atomic E-state index is 0.231. The normalized spacial score (nSPS) is 10.9. The summed E-state index contributed by atoms with van der Waals surface area (Å²) in [5.41, 5.74) is 1.33. The topological polar surface area (TPSA) is 64.9 Å². The third-order valence-electron chi connectivity index (χ3n) is 3.17. The lowest BCUT2D eigenvalue weighted by Gasteiger charge is -2.10. The van der Waals surface area contributed by atoms with Gasteiger partial charge in [-0.1, -0.05) is 23.7 Å². The Kier molecular flexibility index (Phi) is 4.57. The Bertz CT molecular complexity index is 855. The molecule has 124 valence electrons. The molecule has 2 heterocycles. The number of nitrogens with one attached hydrogen (secondary N) is 1. The van der Waals surface area contributed by atoms with E-state index in [0.29, 0.717) is 27.4 Å². The molecular weight excluding hydrogens is 340 g/mol. The summed E-state index contributed by atoms with van der Waals surface area (Å²) in [5.74, 6) is 0.867. The number of rotatable bonds is 5. The zero-order chi connectivity index (χ0) is 17.1. The van der Waals surface area contributed by atoms with Crippen molar-refractivity contribution in [2.75, 3.05) is 12.4 Å². The molecule has 0 radical (unpaired) electrons. The predicted molar refractivity (Wildman–Crippen MR) is 85.8 cm³/mol. The van der Waals surface area contributed by atoms with Crippen LogP contribution in [-0.2, 0) is 0 Å². The monoisotopic (exact) mass is 351 g/mol. The van der Waals surface area contributed by atoms with E-state index in [-0.39, 0.29) is 11.0 Å². The highest BCUT2D eigenvalue weighted by molar-refractivity contribution is 6.32. The molecule has 0 atom stereocenters. The molecule has 0 aliphatic carbocycles. The average Bonchev–Trinajstić information content (AvgIpc) is 3.07. The number of hydrogen-bond donors (Lipinski definition) is 1. The number of methoxy groups -OCH3 is 1. The van der Waals surface area contributed by atoms with Gasteiger partial charge in [-0.05, 0) is 12.1 Å². The summed E-state index contributed by atoms with van der Waals surface area (Å²) < 4.78 is 31.1. The number of alkyl halides is 2. The van der Waals surface area contributed by atoms with Crippen LogP contribution >= 0.6 is 11.6 Å². The van der Waals surface area contributed by atoms with E-state index in [9.17, 15) is 8.78 Å². The number of nitrogens with zero attached hydrogens (tertiary/aromatic N) is 4. The third-order valence-corrected chi connectivity index (χ3v) is 3.45. The van der Waals surface area contributed by atoms with E-state index in [2.05, 4.69) is 20.4 Å². The van der Waals surface area contributed by atoms with Crippen molar-refractivity contribution in [3.63, 3.8) is 0 Å². The van der Waals surface area contributed by atoms with E-state index in [1.807, 2.05) is 12.1 Å². The predicted octanol–water partition coefficient (Wildman–Crippen LogP) is 4.14. The van der Waals surface area contributed by atoms with Gasteiger partial charge in [-0.2, -0.15) is 13.9 Å². The molecule has 0 aliphatic rings. The number of anilines is 2. The van der Waals surface area contributed by atoms with Crippen molar-refractivity contribution in [3.05, 3.63) is 47.9 Å². The van der Waals surface area contributed by atoms with Gasteiger partial charge in [0.05, 0.1) is 35.9 Å². The molecule has 0 bridgehead atoms. The van der Waals surface area contributed by atoms with Gasteiger partial charge in [0.2, 0.25) is 5.95 Å². The van der Waals surface area contributed by atoms with Crippen molar-refractivity contribution in [2.45, 2.75) is 6.55 Å². The Morgan fingerprint density at radius 1 is 1.25 bits per heavy atom. The maximum absolute atomic E-state index is 12.7. The first kappa shape index (κ1) is 16.1. The van der Waals surface area contributed by atoms with Crippen LogP contribution in [0.1, 0.15) is 6.55 Å². The molecule has 0 amide bonds. The Hall–Kier alpha value is -2.74. The summed E-state index contributed by atoms with van der Waals surface area (Å²) in [6.45, 7) is -2.73. The fraction of sp³-hybridized carbons (Fsp3) is 0.133. The van der Waals surface area contributed by atoms with E-state index < -0.39 is 6.55 Å². The maximum atomic E-state index is 12.7. The number of hydrogen-bond acceptors (Lipinski definition) is 5. The highest BCUT2D eigenvalue weighted by Gasteiger charge is 2.14. The van der Waals surface area contributed by atoms with Gasteiger partial charge in [-0.3, -0.25) is 0 Å². The van der Waals surface area contributed by atoms with E-state index in [1.165, 1.54) is 18.6 Å². The van der Waals surface area contributed by atoms with Crippen LogP contribution in [0.3, 0.4) is 0 Å². The molecule has 1 aromatic carbocycles. The smallest absolute Gasteiger partial charge is 0.333 e. The lowest BCUT2D eigenvalue weighted by atomic mass is 10.2. The summed E-state index contributed by atoms with van der Waals surface area (Å²) in [5, 5.41) is 6.82. The third kappa shape index (κ3) is 3.28. The zero-order valence-electron chi connectivity index (χ0n) is 12.4. The molecule has 0 fully saturated rings. The highest BCUT2D eigenvalue weighted by atomic mass is 35.5. The quantitative estimate of drug-likeness (QED) is 0.748. The average molecular weight is 352 g/mol. The van der Waals surface area contributed by atoms with Crippen molar-refractivity contribution in [1.29, 1.82) is 0 Å². The molecule has 0 unspecified atom stereocenters. The molecule has 9 heteroatoms. The molecule has 1 N–H and O–H groups in total. The lowest BCUT2D eigenvalue weighted by molar-refractivity contribution is 0.0566. The summed E-state index contributed by atoms with van der Waals surface area (Å²) in [6.07, 6.45) is 3.83. The summed E-state index contributed by atoms with van der Waals surface area (Å²) in [6, 6.07) is 7.24. The van der Waals surface area contributed by atoms with Gasteiger partial charge in [0.25, 0.3) is 0 Å². The van der Waals surface area contributed by atoms with Gasteiger partial charge < -0.3 is 10.1 Å². The van der Waals surface area contributed by atoms with Gasteiger partial charge in [0.15, 0.2) is 0 Å². The molecular formula is C15H12ClF2N5O. The number of para-hydroxylation sites is 2. The van der Waals surface area contributed by atoms with Crippen LogP contribution < -0.4 is 10.1 Å². The Morgan fingerprint density at radius 2 is 2.04 bits per heavy atom. The van der Waals surface area contributed by atoms with E-state index >= 15 is 0 Å². The molecule has 24 heavy (non-hydrogen) atoms. The number of halogens is 3. The number of aromatic nitrogens is 4. The first-order valence-electron chi connectivity index (χ1n) is 6.83. The Balaban J connectivity index is 1.94. The minimum Gasteiger partial charge on any atom is -0.495 e. The van der Waals surface area contributed by atoms with Crippen LogP contribution in [0.4, 0.5) is 20.4 Å². The standard InChI is InChI=1S/C15H12ClF2N5O/c1-24-12-5-3-2-4-11(12)21-15-19-7-10(16)13(22-15)9-6-20-23(8-9)14(17)18/h2-8,14H,1H3,(H,19,21,22). The first-order chi connectivity index (χ1) is 11.6. The van der Waals surface area contributed by atoms with Crippen molar-refractivity contribution < 1.29 is 13.5 Å². The van der Waals surface area contributed by atoms with Crippen LogP contribution in [-0.4, -0.2) is 26.9 Å². The fourth-order valence-electron chi connectivity index (χ4n) is 2.07. The number of ether oxygens (including phenoxy) is 1. The Labute approximate surface area is 141 Å². The molecule has 0 saturated heterocycles. The summed E-state index contributed by atoms with van der Waals surface area (Å²) in [4.78, 5) is 8.37. The second-order valence-electron chi connectivity index (χ2n) is 4.70. The van der Waals surface area contributed by atoms with Crippen LogP contribution in [0.25, 0.3) is 11.3 Å². The molecule has 0 aliphatic heterocycles. The van der Waals surface area contributed by atoms with E-state index in [4.69, 9.17) is 16.3 Å².